The van der Waals surface area contributed by atoms with Crippen LogP contribution in [0, 0.1) is 5.82 Å². The van der Waals surface area contributed by atoms with Crippen LogP contribution in [0.4, 0.5) is 10.1 Å². The molecule has 1 saturated heterocycles. The molecule has 3 nitrogen and oxygen atoms in total. The molecule has 1 atom stereocenters. The lowest BCUT2D eigenvalue weighted by molar-refractivity contribution is -0.0177. The van der Waals surface area contributed by atoms with Crippen LogP contribution in [-0.4, -0.2) is 18.8 Å². The van der Waals surface area contributed by atoms with Crippen molar-refractivity contribution in [2.45, 2.75) is 38.3 Å². The second-order valence-electron chi connectivity index (χ2n) is 5.78. The average molecular weight is 252 g/mol. The third-order valence-electron chi connectivity index (χ3n) is 3.47. The molecule has 0 bridgehead atoms. The Balaban J connectivity index is 2.42. The molecule has 4 heteroatoms. The summed E-state index contributed by atoms with van der Waals surface area (Å²) in [6.07, 6.45) is 0.695. The minimum atomic E-state index is -0.459. The van der Waals surface area contributed by atoms with E-state index in [0.717, 1.165) is 0 Å². The van der Waals surface area contributed by atoms with Crippen molar-refractivity contribution in [3.05, 3.63) is 29.6 Å². The van der Waals surface area contributed by atoms with Crippen LogP contribution in [0.2, 0.25) is 0 Å². The van der Waals surface area contributed by atoms with Gasteiger partial charge < -0.3 is 15.8 Å². The third-order valence-corrected chi connectivity index (χ3v) is 3.47. The molecular weight excluding hydrogens is 231 g/mol. The minimum Gasteiger partial charge on any atom is -0.399 e. The first-order valence-corrected chi connectivity index (χ1v) is 6.27. The van der Waals surface area contributed by atoms with Crippen LogP contribution in [0.25, 0.3) is 0 Å². The Morgan fingerprint density at radius 2 is 2.06 bits per heavy atom. The monoisotopic (exact) mass is 252 g/mol. The Morgan fingerprint density at radius 3 is 2.78 bits per heavy atom. The van der Waals surface area contributed by atoms with Crippen LogP contribution < -0.4 is 11.1 Å². The molecule has 1 fully saturated rings. The number of hydrogen-bond acceptors (Lipinski definition) is 3. The van der Waals surface area contributed by atoms with Crippen molar-refractivity contribution in [1.29, 1.82) is 0 Å². The second-order valence-corrected chi connectivity index (χ2v) is 5.78. The van der Waals surface area contributed by atoms with Gasteiger partial charge in [-0.15, -0.1) is 0 Å². The van der Waals surface area contributed by atoms with Crippen molar-refractivity contribution in [3.63, 3.8) is 0 Å². The van der Waals surface area contributed by atoms with Crippen LogP contribution in [-0.2, 0) is 10.3 Å². The van der Waals surface area contributed by atoms with Crippen LogP contribution in [0.3, 0.4) is 0 Å². The maximum absolute atomic E-state index is 14.0. The Bertz CT molecular complexity index is 447. The summed E-state index contributed by atoms with van der Waals surface area (Å²) in [4.78, 5) is 0. The number of nitrogen functional groups attached to an aromatic ring is 1. The Morgan fingerprint density at radius 1 is 1.33 bits per heavy atom. The fraction of sp³-hybridized carbons (Fsp3) is 0.571. The Kier molecular flexibility index (Phi) is 3.34. The number of halogens is 1. The van der Waals surface area contributed by atoms with Crippen LogP contribution in [0.5, 0.6) is 0 Å². The number of benzene rings is 1. The number of hydrogen-bond donors (Lipinski definition) is 2. The van der Waals surface area contributed by atoms with Gasteiger partial charge in [-0.3, -0.25) is 0 Å². The lowest BCUT2D eigenvalue weighted by atomic mass is 9.82. The van der Waals surface area contributed by atoms with E-state index in [1.807, 2.05) is 20.8 Å². The molecule has 0 amide bonds. The fourth-order valence-corrected chi connectivity index (χ4v) is 2.78. The van der Waals surface area contributed by atoms with Crippen molar-refractivity contribution in [3.8, 4) is 0 Å². The number of ether oxygens (including phenoxy) is 1. The van der Waals surface area contributed by atoms with Gasteiger partial charge in [0.05, 0.1) is 12.2 Å². The van der Waals surface area contributed by atoms with Crippen LogP contribution in [0.1, 0.15) is 32.8 Å². The van der Waals surface area contributed by atoms with Gasteiger partial charge in [0.2, 0.25) is 0 Å². The zero-order valence-corrected chi connectivity index (χ0v) is 11.2. The predicted molar refractivity (Wildman–Crippen MR) is 70.8 cm³/mol. The van der Waals surface area contributed by atoms with Crippen molar-refractivity contribution in [2.75, 3.05) is 18.9 Å². The van der Waals surface area contributed by atoms with E-state index in [0.29, 0.717) is 30.8 Å². The molecule has 0 spiro atoms. The van der Waals surface area contributed by atoms with Crippen LogP contribution >= 0.6 is 0 Å². The van der Waals surface area contributed by atoms with Gasteiger partial charge >= 0.3 is 0 Å². The summed E-state index contributed by atoms with van der Waals surface area (Å²) in [7, 11) is 0. The number of anilines is 1. The van der Waals surface area contributed by atoms with Gasteiger partial charge in [0.15, 0.2) is 0 Å². The minimum absolute atomic E-state index is 0.225. The fourth-order valence-electron chi connectivity index (χ4n) is 2.78. The summed E-state index contributed by atoms with van der Waals surface area (Å²) in [6.45, 7) is 7.40. The molecule has 2 rings (SSSR count). The highest BCUT2D eigenvalue weighted by Crippen LogP contribution is 2.35. The van der Waals surface area contributed by atoms with E-state index < -0.39 is 5.54 Å². The van der Waals surface area contributed by atoms with Crippen LogP contribution in [0.15, 0.2) is 18.2 Å². The number of nitrogens with two attached hydrogens (primary N) is 1. The molecule has 1 aliphatic rings. The average Bonchev–Trinajstić information content (AvgIpc) is 2.40. The number of nitrogens with one attached hydrogen (secondary N) is 1. The molecule has 1 aromatic rings. The topological polar surface area (TPSA) is 47.3 Å². The van der Waals surface area contributed by atoms with E-state index in [2.05, 4.69) is 5.32 Å². The van der Waals surface area contributed by atoms with Gasteiger partial charge in [0, 0.05) is 23.3 Å². The molecule has 100 valence electrons. The molecule has 0 saturated carbocycles. The summed E-state index contributed by atoms with van der Waals surface area (Å²) in [6, 6.07) is 4.72. The first-order valence-electron chi connectivity index (χ1n) is 6.27. The molecule has 1 heterocycles. The summed E-state index contributed by atoms with van der Waals surface area (Å²) in [5.74, 6) is -0.225. The van der Waals surface area contributed by atoms with Gasteiger partial charge in [0.1, 0.15) is 5.82 Å². The third kappa shape index (κ3) is 2.65. The van der Waals surface area contributed by atoms with E-state index in [1.54, 1.807) is 12.1 Å². The zero-order chi connectivity index (χ0) is 13.4. The van der Waals surface area contributed by atoms with Gasteiger partial charge in [-0.25, -0.2) is 4.39 Å². The van der Waals surface area contributed by atoms with Crippen molar-refractivity contribution >= 4 is 5.69 Å². The molecule has 0 aromatic heterocycles. The SMILES string of the molecule is CC1(C)C[C@@](C)(c2cc(N)ccc2F)NCCO1. The quantitative estimate of drug-likeness (QED) is 0.755. The molecule has 0 unspecified atom stereocenters. The van der Waals surface area contributed by atoms with Gasteiger partial charge in [-0.05, 0) is 45.4 Å². The Hall–Kier alpha value is -1.13. The van der Waals surface area contributed by atoms with Crippen molar-refractivity contribution < 1.29 is 9.13 Å². The van der Waals surface area contributed by atoms with Crippen molar-refractivity contribution in [2.24, 2.45) is 0 Å². The highest BCUT2D eigenvalue weighted by molar-refractivity contribution is 5.44. The van der Waals surface area contributed by atoms with Gasteiger partial charge in [-0.2, -0.15) is 0 Å². The second kappa shape index (κ2) is 4.52. The zero-order valence-electron chi connectivity index (χ0n) is 11.2. The van der Waals surface area contributed by atoms with E-state index in [9.17, 15) is 4.39 Å². The molecule has 1 aliphatic heterocycles. The van der Waals surface area contributed by atoms with E-state index in [-0.39, 0.29) is 11.4 Å². The maximum Gasteiger partial charge on any atom is 0.128 e. The molecule has 3 N–H and O–H groups in total. The lowest BCUT2D eigenvalue weighted by Gasteiger charge is -2.35. The molecular formula is C14H21FN2O. The van der Waals surface area contributed by atoms with E-state index in [4.69, 9.17) is 10.5 Å². The van der Waals surface area contributed by atoms with E-state index in [1.165, 1.54) is 6.07 Å². The highest BCUT2D eigenvalue weighted by atomic mass is 19.1. The van der Waals surface area contributed by atoms with E-state index >= 15 is 0 Å². The first kappa shape index (κ1) is 13.3. The molecule has 0 radical (unpaired) electrons. The number of rotatable bonds is 1. The summed E-state index contributed by atoms with van der Waals surface area (Å²) < 4.78 is 19.8. The molecule has 1 aromatic carbocycles. The standard InChI is InChI=1S/C14H21FN2O/c1-13(2)9-14(3,17-6-7-18-13)11-8-10(16)4-5-12(11)15/h4-5,8,17H,6-7,9,16H2,1-3H3/t14-/m0/s1. The smallest absolute Gasteiger partial charge is 0.128 e. The normalized spacial score (nSPS) is 27.8. The highest BCUT2D eigenvalue weighted by Gasteiger charge is 2.38. The van der Waals surface area contributed by atoms with Gasteiger partial charge in [-0.1, -0.05) is 0 Å². The van der Waals surface area contributed by atoms with Gasteiger partial charge in [0.25, 0.3) is 0 Å². The summed E-state index contributed by atoms with van der Waals surface area (Å²) in [5.41, 5.74) is 6.23. The molecule has 0 aliphatic carbocycles. The maximum atomic E-state index is 14.0. The summed E-state index contributed by atoms with van der Waals surface area (Å²) in [5, 5.41) is 3.38. The predicted octanol–water partition coefficient (Wildman–Crippen LogP) is 2.41. The lowest BCUT2D eigenvalue weighted by Crippen LogP contribution is -2.43. The largest absolute Gasteiger partial charge is 0.399 e. The van der Waals surface area contributed by atoms with Crippen molar-refractivity contribution in [1.82, 2.24) is 5.32 Å². The first-order chi connectivity index (χ1) is 8.32. The summed E-state index contributed by atoms with van der Waals surface area (Å²) >= 11 is 0. The molecule has 18 heavy (non-hydrogen) atoms. The Labute approximate surface area is 108 Å².